The molecule has 2 N–H and O–H groups in total. The van der Waals surface area contributed by atoms with Crippen LogP contribution in [0.2, 0.25) is 0 Å². The van der Waals surface area contributed by atoms with E-state index in [-0.39, 0.29) is 11.8 Å². The first kappa shape index (κ1) is 12.7. The van der Waals surface area contributed by atoms with Crippen molar-refractivity contribution in [3.05, 3.63) is 47.8 Å². The van der Waals surface area contributed by atoms with Crippen molar-refractivity contribution >= 4 is 11.6 Å². The maximum atomic E-state index is 12.3. The molecule has 3 rings (SSSR count). The summed E-state index contributed by atoms with van der Waals surface area (Å²) in [4.78, 5) is 14.1. The molecule has 5 nitrogen and oxygen atoms in total. The van der Waals surface area contributed by atoms with Crippen LogP contribution in [0.5, 0.6) is 0 Å². The zero-order valence-corrected chi connectivity index (χ0v) is 11.5. The maximum absolute atomic E-state index is 12.3. The van der Waals surface area contributed by atoms with Gasteiger partial charge in [-0.1, -0.05) is 18.2 Å². The van der Waals surface area contributed by atoms with Crippen LogP contribution in [0.3, 0.4) is 0 Å². The van der Waals surface area contributed by atoms with Gasteiger partial charge < -0.3 is 10.2 Å². The standard InChI is InChI=1S/C15H18N4O/c1-19(10-11-7-17-18-8-11)15(20)6-12-9-16-14-5-3-2-4-13(12)14/h2-5,7-8,12,16H,6,9-10H2,1H3,(H,17,18). The SMILES string of the molecule is CN(Cc1cn[nH]c1)C(=O)CC1CNc2ccccc21. The first-order chi connectivity index (χ1) is 9.74. The van der Waals surface area contributed by atoms with E-state index in [4.69, 9.17) is 0 Å². The Labute approximate surface area is 118 Å². The number of amides is 1. The van der Waals surface area contributed by atoms with Crippen molar-refractivity contribution in [2.24, 2.45) is 0 Å². The third kappa shape index (κ3) is 2.52. The fraction of sp³-hybridized carbons (Fsp3) is 0.333. The molecule has 0 aliphatic carbocycles. The van der Waals surface area contributed by atoms with Crippen LogP contribution in [0.25, 0.3) is 0 Å². The number of H-pyrrole nitrogens is 1. The van der Waals surface area contributed by atoms with Gasteiger partial charge in [0.1, 0.15) is 0 Å². The van der Waals surface area contributed by atoms with E-state index in [2.05, 4.69) is 27.6 Å². The lowest BCUT2D eigenvalue weighted by atomic mass is 9.97. The number of benzene rings is 1. The maximum Gasteiger partial charge on any atom is 0.223 e. The Morgan fingerprint density at radius 2 is 2.30 bits per heavy atom. The Kier molecular flexibility index (Phi) is 3.41. The van der Waals surface area contributed by atoms with Gasteiger partial charge in [0, 0.05) is 49.9 Å². The molecule has 1 amide bonds. The minimum Gasteiger partial charge on any atom is -0.384 e. The van der Waals surface area contributed by atoms with E-state index in [1.54, 1.807) is 11.1 Å². The highest BCUT2D eigenvalue weighted by Crippen LogP contribution is 2.33. The fourth-order valence-electron chi connectivity index (χ4n) is 2.63. The average Bonchev–Trinajstić information content (AvgIpc) is 3.09. The van der Waals surface area contributed by atoms with Gasteiger partial charge in [0.15, 0.2) is 0 Å². The Bertz CT molecular complexity index is 594. The van der Waals surface area contributed by atoms with Crippen LogP contribution in [0.15, 0.2) is 36.7 Å². The van der Waals surface area contributed by atoms with Crippen molar-refractivity contribution in [2.45, 2.75) is 18.9 Å². The van der Waals surface area contributed by atoms with Gasteiger partial charge in [-0.2, -0.15) is 5.10 Å². The number of rotatable bonds is 4. The number of hydrogen-bond acceptors (Lipinski definition) is 3. The molecular weight excluding hydrogens is 252 g/mol. The summed E-state index contributed by atoms with van der Waals surface area (Å²) >= 11 is 0. The highest BCUT2D eigenvalue weighted by atomic mass is 16.2. The highest BCUT2D eigenvalue weighted by molar-refractivity contribution is 5.78. The molecule has 1 unspecified atom stereocenters. The predicted molar refractivity (Wildman–Crippen MR) is 77.4 cm³/mol. The van der Waals surface area contributed by atoms with Crippen molar-refractivity contribution in [1.82, 2.24) is 15.1 Å². The van der Waals surface area contributed by atoms with E-state index in [9.17, 15) is 4.79 Å². The van der Waals surface area contributed by atoms with Gasteiger partial charge in [0.2, 0.25) is 5.91 Å². The summed E-state index contributed by atoms with van der Waals surface area (Å²) < 4.78 is 0. The summed E-state index contributed by atoms with van der Waals surface area (Å²) in [7, 11) is 1.84. The number of aromatic nitrogens is 2. The van der Waals surface area contributed by atoms with Crippen LogP contribution >= 0.6 is 0 Å². The Hall–Kier alpha value is -2.30. The monoisotopic (exact) mass is 270 g/mol. The van der Waals surface area contributed by atoms with Gasteiger partial charge in [0.25, 0.3) is 0 Å². The number of hydrogen-bond donors (Lipinski definition) is 2. The number of nitrogens with zero attached hydrogens (tertiary/aromatic N) is 2. The first-order valence-corrected chi connectivity index (χ1v) is 6.78. The Morgan fingerprint density at radius 3 is 3.10 bits per heavy atom. The van der Waals surface area contributed by atoms with Gasteiger partial charge in [-0.05, 0) is 11.6 Å². The number of fused-ring (bicyclic) bond motifs is 1. The molecule has 5 heteroatoms. The molecule has 0 saturated carbocycles. The van der Waals surface area contributed by atoms with E-state index in [1.807, 2.05) is 25.4 Å². The highest BCUT2D eigenvalue weighted by Gasteiger charge is 2.25. The van der Waals surface area contributed by atoms with Gasteiger partial charge in [-0.25, -0.2) is 0 Å². The largest absolute Gasteiger partial charge is 0.384 e. The number of nitrogens with one attached hydrogen (secondary N) is 2. The summed E-state index contributed by atoms with van der Waals surface area (Å²) in [6.07, 6.45) is 4.10. The molecule has 0 saturated heterocycles. The van der Waals surface area contributed by atoms with E-state index in [1.165, 1.54) is 5.56 Å². The van der Waals surface area contributed by atoms with E-state index in [0.29, 0.717) is 13.0 Å². The lowest BCUT2D eigenvalue weighted by molar-refractivity contribution is -0.130. The molecule has 1 aromatic heterocycles. The number of aromatic amines is 1. The summed E-state index contributed by atoms with van der Waals surface area (Å²) in [6, 6.07) is 8.21. The Morgan fingerprint density at radius 1 is 1.45 bits per heavy atom. The second-order valence-corrected chi connectivity index (χ2v) is 5.23. The number of anilines is 1. The van der Waals surface area contributed by atoms with Crippen LogP contribution in [-0.2, 0) is 11.3 Å². The molecule has 1 aromatic carbocycles. The van der Waals surface area contributed by atoms with Crippen LogP contribution in [0.4, 0.5) is 5.69 Å². The minimum absolute atomic E-state index is 0.162. The number of carbonyl (C=O) groups excluding carboxylic acids is 1. The zero-order chi connectivity index (χ0) is 13.9. The molecule has 2 aromatic rings. The first-order valence-electron chi connectivity index (χ1n) is 6.78. The second kappa shape index (κ2) is 5.36. The van der Waals surface area contributed by atoms with E-state index >= 15 is 0 Å². The van der Waals surface area contributed by atoms with Crippen LogP contribution in [0, 0.1) is 0 Å². The van der Waals surface area contributed by atoms with Crippen LogP contribution < -0.4 is 5.32 Å². The van der Waals surface area contributed by atoms with Crippen molar-refractivity contribution in [2.75, 3.05) is 18.9 Å². The normalized spacial score (nSPS) is 16.6. The van der Waals surface area contributed by atoms with Gasteiger partial charge in [-0.3, -0.25) is 9.89 Å². The molecule has 104 valence electrons. The molecule has 1 atom stereocenters. The lowest BCUT2D eigenvalue weighted by Crippen LogP contribution is -2.27. The van der Waals surface area contributed by atoms with Crippen molar-refractivity contribution in [1.29, 1.82) is 0 Å². The third-order valence-corrected chi connectivity index (χ3v) is 3.76. The smallest absolute Gasteiger partial charge is 0.223 e. The second-order valence-electron chi connectivity index (χ2n) is 5.23. The van der Waals surface area contributed by atoms with Crippen molar-refractivity contribution in [3.63, 3.8) is 0 Å². The topological polar surface area (TPSA) is 61.0 Å². The number of para-hydroxylation sites is 1. The van der Waals surface area contributed by atoms with E-state index < -0.39 is 0 Å². The molecular formula is C15H18N4O. The molecule has 1 aliphatic heterocycles. The number of carbonyl (C=O) groups is 1. The molecule has 2 heterocycles. The van der Waals surface area contributed by atoms with Crippen LogP contribution in [0.1, 0.15) is 23.5 Å². The molecule has 0 bridgehead atoms. The molecule has 0 spiro atoms. The van der Waals surface area contributed by atoms with Gasteiger partial charge in [-0.15, -0.1) is 0 Å². The van der Waals surface area contributed by atoms with Crippen LogP contribution in [-0.4, -0.2) is 34.6 Å². The average molecular weight is 270 g/mol. The Balaban J connectivity index is 1.62. The molecule has 0 fully saturated rings. The predicted octanol–water partition coefficient (Wildman–Crippen LogP) is 1.97. The van der Waals surface area contributed by atoms with Crippen molar-refractivity contribution < 1.29 is 4.79 Å². The summed E-state index contributed by atoms with van der Waals surface area (Å²) in [5.41, 5.74) is 3.42. The molecule has 1 aliphatic rings. The van der Waals surface area contributed by atoms with E-state index in [0.717, 1.165) is 17.8 Å². The fourth-order valence-corrected chi connectivity index (χ4v) is 2.63. The molecule has 0 radical (unpaired) electrons. The summed E-state index contributed by atoms with van der Waals surface area (Å²) in [6.45, 7) is 1.43. The van der Waals surface area contributed by atoms with Gasteiger partial charge >= 0.3 is 0 Å². The molecule has 20 heavy (non-hydrogen) atoms. The summed E-state index contributed by atoms with van der Waals surface area (Å²) in [5, 5.41) is 10.0. The summed E-state index contributed by atoms with van der Waals surface area (Å²) in [5.74, 6) is 0.431. The third-order valence-electron chi connectivity index (χ3n) is 3.76. The van der Waals surface area contributed by atoms with Gasteiger partial charge in [0.05, 0.1) is 6.20 Å². The van der Waals surface area contributed by atoms with Crippen molar-refractivity contribution in [3.8, 4) is 0 Å². The quantitative estimate of drug-likeness (QED) is 0.893. The lowest BCUT2D eigenvalue weighted by Gasteiger charge is -2.18. The minimum atomic E-state index is 0.162. The zero-order valence-electron chi connectivity index (χ0n) is 11.5.